The largest absolute Gasteiger partial charge is 0.497 e. The number of hydrogen-bond acceptors (Lipinski definition) is 5. The Morgan fingerprint density at radius 3 is 2.63 bits per heavy atom. The zero-order chi connectivity index (χ0) is 24.2. The van der Waals surface area contributed by atoms with Crippen LogP contribution in [0.2, 0.25) is 0 Å². The fraction of sp³-hybridized carbons (Fsp3) is 0.357. The van der Waals surface area contributed by atoms with Gasteiger partial charge in [-0.25, -0.2) is 0 Å². The number of carbonyl (C=O) groups excluding carboxylic acids is 2. The molecule has 1 saturated carbocycles. The van der Waals surface area contributed by atoms with Gasteiger partial charge in [0.2, 0.25) is 5.91 Å². The van der Waals surface area contributed by atoms with Gasteiger partial charge < -0.3 is 19.3 Å². The lowest BCUT2D eigenvalue weighted by molar-refractivity contribution is -0.135. The highest BCUT2D eigenvalue weighted by Crippen LogP contribution is 2.35. The first kappa shape index (κ1) is 23.4. The molecule has 35 heavy (non-hydrogen) atoms. The average molecular weight is 491 g/mol. The van der Waals surface area contributed by atoms with Crippen molar-refractivity contribution in [2.75, 3.05) is 33.4 Å². The van der Waals surface area contributed by atoms with E-state index in [2.05, 4.69) is 11.4 Å². The van der Waals surface area contributed by atoms with Crippen molar-refractivity contribution in [3.05, 3.63) is 82.0 Å². The zero-order valence-electron chi connectivity index (χ0n) is 19.9. The molecule has 2 amide bonds. The lowest BCUT2D eigenvalue weighted by Crippen LogP contribution is -2.48. The van der Waals surface area contributed by atoms with Gasteiger partial charge in [0.15, 0.2) is 0 Å². The summed E-state index contributed by atoms with van der Waals surface area (Å²) in [7, 11) is 1.63. The summed E-state index contributed by atoms with van der Waals surface area (Å²) in [6, 6.07) is 18.6. The van der Waals surface area contributed by atoms with Crippen molar-refractivity contribution in [2.24, 2.45) is 5.92 Å². The number of carbonyl (C=O) groups is 2. The number of amides is 2. The van der Waals surface area contributed by atoms with Crippen LogP contribution in [0.4, 0.5) is 0 Å². The monoisotopic (exact) mass is 490 g/mol. The summed E-state index contributed by atoms with van der Waals surface area (Å²) >= 11 is 1.73. The number of rotatable bonds is 9. The first-order chi connectivity index (χ1) is 17.1. The van der Waals surface area contributed by atoms with E-state index in [0.29, 0.717) is 36.9 Å². The number of fused-ring (bicyclic) bond motifs is 1. The third kappa shape index (κ3) is 5.51. The van der Waals surface area contributed by atoms with E-state index < -0.39 is 0 Å². The maximum absolute atomic E-state index is 13.7. The molecule has 2 aliphatic rings. The van der Waals surface area contributed by atoms with Gasteiger partial charge in [0.1, 0.15) is 24.7 Å². The van der Waals surface area contributed by atoms with Crippen LogP contribution < -0.4 is 9.47 Å². The predicted octanol–water partition coefficient (Wildman–Crippen LogP) is 4.81. The summed E-state index contributed by atoms with van der Waals surface area (Å²) < 4.78 is 11.5. The Hall–Kier alpha value is -3.32. The highest BCUT2D eigenvalue weighted by molar-refractivity contribution is 7.10. The highest BCUT2D eigenvalue weighted by Gasteiger charge is 2.35. The topological polar surface area (TPSA) is 59.1 Å². The van der Waals surface area contributed by atoms with Crippen LogP contribution in [0, 0.1) is 5.92 Å². The number of hydrogen-bond donors (Lipinski definition) is 0. The van der Waals surface area contributed by atoms with Crippen molar-refractivity contribution in [3.8, 4) is 11.5 Å². The van der Waals surface area contributed by atoms with Crippen molar-refractivity contribution >= 4 is 23.2 Å². The van der Waals surface area contributed by atoms with Crippen molar-refractivity contribution in [3.63, 3.8) is 0 Å². The summed E-state index contributed by atoms with van der Waals surface area (Å²) in [6.07, 6.45) is 3.06. The highest BCUT2D eigenvalue weighted by atomic mass is 32.1. The van der Waals surface area contributed by atoms with Gasteiger partial charge in [-0.15, -0.1) is 11.3 Å². The van der Waals surface area contributed by atoms with Crippen LogP contribution in [0.3, 0.4) is 0 Å². The second kappa shape index (κ2) is 10.5. The molecule has 182 valence electrons. The molecule has 0 spiro atoms. The molecular weight excluding hydrogens is 460 g/mol. The lowest BCUT2D eigenvalue weighted by Gasteiger charge is -2.37. The van der Waals surface area contributed by atoms with Crippen molar-refractivity contribution < 1.29 is 19.1 Å². The average Bonchev–Trinajstić information content (AvgIpc) is 3.59. The molecule has 0 saturated heterocycles. The fourth-order valence-corrected chi connectivity index (χ4v) is 5.52. The molecule has 1 fully saturated rings. The van der Waals surface area contributed by atoms with Gasteiger partial charge in [-0.2, -0.15) is 0 Å². The standard InChI is InChI=1S/C28H30N2O4S/c1-33-22-8-5-9-23(16-22)34-19-25-24-13-15-35-26(24)12-14-30(25)27(31)18-29(17-20-10-11-20)28(32)21-6-3-2-4-7-21/h2-9,13,15-16,20,25H,10-12,14,17-19H2,1H3. The number of methoxy groups -OCH3 is 1. The van der Waals surface area contributed by atoms with Crippen molar-refractivity contribution in [1.29, 1.82) is 0 Å². The van der Waals surface area contributed by atoms with E-state index in [0.717, 1.165) is 30.6 Å². The normalized spacial score (nSPS) is 16.9. The van der Waals surface area contributed by atoms with Gasteiger partial charge >= 0.3 is 0 Å². The Bertz CT molecular complexity index is 1170. The minimum atomic E-state index is -0.196. The third-order valence-corrected chi connectivity index (χ3v) is 7.67. The Balaban J connectivity index is 1.33. The molecule has 3 aromatic rings. The maximum Gasteiger partial charge on any atom is 0.254 e. The van der Waals surface area contributed by atoms with Crippen molar-refractivity contribution in [2.45, 2.75) is 25.3 Å². The number of ether oxygens (including phenoxy) is 2. The molecule has 1 aliphatic heterocycles. The molecule has 1 aliphatic carbocycles. The molecule has 0 radical (unpaired) electrons. The van der Waals surface area contributed by atoms with E-state index in [1.54, 1.807) is 23.3 Å². The summed E-state index contributed by atoms with van der Waals surface area (Å²) in [5.74, 6) is 1.81. The van der Waals surface area contributed by atoms with Crippen LogP contribution >= 0.6 is 11.3 Å². The fourth-order valence-electron chi connectivity index (χ4n) is 4.59. The van der Waals surface area contributed by atoms with Gasteiger partial charge in [0, 0.05) is 29.6 Å². The molecule has 1 aromatic heterocycles. The van der Waals surface area contributed by atoms with E-state index in [-0.39, 0.29) is 24.4 Å². The molecule has 0 N–H and O–H groups in total. The van der Waals surface area contributed by atoms with Crippen LogP contribution in [-0.2, 0) is 11.2 Å². The van der Waals surface area contributed by atoms with Crippen LogP contribution in [0.5, 0.6) is 11.5 Å². The SMILES string of the molecule is COc1cccc(OCC2c3ccsc3CCN2C(=O)CN(CC2CC2)C(=O)c2ccccc2)c1. The van der Waals surface area contributed by atoms with Crippen LogP contribution in [0.25, 0.3) is 0 Å². The van der Waals surface area contributed by atoms with Gasteiger partial charge in [-0.1, -0.05) is 24.3 Å². The first-order valence-electron chi connectivity index (χ1n) is 12.1. The summed E-state index contributed by atoms with van der Waals surface area (Å²) in [4.78, 5) is 31.8. The van der Waals surface area contributed by atoms with Gasteiger partial charge in [-0.05, 0) is 66.5 Å². The van der Waals surface area contributed by atoms with Crippen LogP contribution in [0.1, 0.15) is 39.7 Å². The zero-order valence-corrected chi connectivity index (χ0v) is 20.7. The van der Waals surface area contributed by atoms with E-state index in [4.69, 9.17) is 9.47 Å². The molecule has 7 heteroatoms. The quantitative estimate of drug-likeness (QED) is 0.432. The Morgan fingerprint density at radius 1 is 1.06 bits per heavy atom. The smallest absolute Gasteiger partial charge is 0.254 e. The number of benzene rings is 2. The predicted molar refractivity (Wildman–Crippen MR) is 136 cm³/mol. The minimum absolute atomic E-state index is 0.0361. The van der Waals surface area contributed by atoms with E-state index in [1.165, 1.54) is 4.88 Å². The Labute approximate surface area is 210 Å². The molecular formula is C28H30N2O4S. The molecule has 2 heterocycles. The molecule has 5 rings (SSSR count). The second-order valence-corrected chi connectivity index (χ2v) is 10.1. The maximum atomic E-state index is 13.7. The summed E-state index contributed by atoms with van der Waals surface area (Å²) in [5, 5.41) is 2.08. The van der Waals surface area contributed by atoms with Crippen LogP contribution in [0.15, 0.2) is 66.0 Å². The molecule has 0 bridgehead atoms. The van der Waals surface area contributed by atoms with Gasteiger partial charge in [0.05, 0.1) is 13.2 Å². The van der Waals surface area contributed by atoms with Gasteiger partial charge in [-0.3, -0.25) is 9.59 Å². The summed E-state index contributed by atoms with van der Waals surface area (Å²) in [6.45, 7) is 1.68. The van der Waals surface area contributed by atoms with E-state index >= 15 is 0 Å². The molecule has 6 nitrogen and oxygen atoms in total. The number of nitrogens with zero attached hydrogens (tertiary/aromatic N) is 2. The Kier molecular flexibility index (Phi) is 7.04. The van der Waals surface area contributed by atoms with Crippen LogP contribution in [-0.4, -0.2) is 55.0 Å². The number of thiophene rings is 1. The van der Waals surface area contributed by atoms with E-state index in [1.807, 2.05) is 59.5 Å². The minimum Gasteiger partial charge on any atom is -0.497 e. The van der Waals surface area contributed by atoms with Crippen molar-refractivity contribution in [1.82, 2.24) is 9.80 Å². The second-order valence-electron chi connectivity index (χ2n) is 9.14. The van der Waals surface area contributed by atoms with E-state index in [9.17, 15) is 9.59 Å². The molecule has 2 aromatic carbocycles. The van der Waals surface area contributed by atoms with Gasteiger partial charge in [0.25, 0.3) is 5.91 Å². The summed E-state index contributed by atoms with van der Waals surface area (Å²) in [5.41, 5.74) is 1.76. The molecule has 1 atom stereocenters. The third-order valence-electron chi connectivity index (χ3n) is 6.67. The first-order valence-corrected chi connectivity index (χ1v) is 13.0. The lowest BCUT2D eigenvalue weighted by atomic mass is 10.0. The molecule has 1 unspecified atom stereocenters. The Morgan fingerprint density at radius 2 is 1.86 bits per heavy atom.